The van der Waals surface area contributed by atoms with E-state index in [9.17, 15) is 0 Å². The van der Waals surface area contributed by atoms with Crippen molar-refractivity contribution in [2.24, 2.45) is 0 Å². The Bertz CT molecular complexity index is 3780. The minimum Gasteiger partial charge on any atom is -0.455 e. The summed E-state index contributed by atoms with van der Waals surface area (Å²) < 4.78 is 6.61. The first-order chi connectivity index (χ1) is 34.2. The lowest BCUT2D eigenvalue weighted by molar-refractivity contribution is 0.670. The van der Waals surface area contributed by atoms with Crippen molar-refractivity contribution < 1.29 is 4.42 Å². The van der Waals surface area contributed by atoms with Gasteiger partial charge in [-0.1, -0.05) is 237 Å². The Balaban J connectivity index is 1.00. The SMILES string of the molecule is c1ccc(-c2ccc(-c3ccc(N(c4cccc(-c5cccc6c5oc5ccccc56)c4)c4ccccc4-c4cccc5c4-c4ccccc4C5(c4ccccc4)c4ccccc4)cc3)cc2)cc1. The highest BCUT2D eigenvalue weighted by Gasteiger charge is 2.47. The van der Waals surface area contributed by atoms with Crippen molar-refractivity contribution in [1.82, 2.24) is 0 Å². The Kier molecular flexibility index (Phi) is 9.77. The molecule has 1 aliphatic carbocycles. The monoisotopic (exact) mass is 879 g/mol. The number of fused-ring (bicyclic) bond motifs is 6. The fourth-order valence-corrected chi connectivity index (χ4v) is 11.1. The van der Waals surface area contributed by atoms with Crippen LogP contribution < -0.4 is 4.90 Å². The van der Waals surface area contributed by atoms with Crippen molar-refractivity contribution in [2.75, 3.05) is 4.90 Å². The molecular weight excluding hydrogens is 835 g/mol. The minimum absolute atomic E-state index is 0.514. The molecule has 69 heavy (non-hydrogen) atoms. The summed E-state index contributed by atoms with van der Waals surface area (Å²) in [6.45, 7) is 0. The van der Waals surface area contributed by atoms with E-state index < -0.39 is 5.41 Å². The van der Waals surface area contributed by atoms with Gasteiger partial charge in [0.05, 0.1) is 11.1 Å². The lowest BCUT2D eigenvalue weighted by Gasteiger charge is -2.34. The van der Waals surface area contributed by atoms with Crippen LogP contribution in [0.5, 0.6) is 0 Å². The van der Waals surface area contributed by atoms with E-state index in [0.29, 0.717) is 0 Å². The van der Waals surface area contributed by atoms with E-state index in [1.165, 1.54) is 55.6 Å². The molecule has 11 aromatic carbocycles. The van der Waals surface area contributed by atoms with Crippen LogP contribution in [-0.2, 0) is 5.41 Å². The number of furan rings is 1. The Labute approximate surface area is 402 Å². The third kappa shape index (κ3) is 6.64. The number of rotatable bonds is 9. The molecular formula is C67H45NO. The standard InChI is InChI=1S/C67H45NO/c1-4-19-46(20-5-1)47-37-39-48(40-38-47)49-41-43-53(44-42-49)68(54-26-16-21-50(45-54)55-30-17-32-59-57-28-12-15-36-64(57)69-66(55)59)63-35-14-11-27-56(63)58-31-18-34-62-65(58)60-29-10-13-33-61(60)67(62,51-22-6-2-7-23-51)52-24-8-3-9-25-52/h1-45H. The van der Waals surface area contributed by atoms with E-state index in [-0.39, 0.29) is 0 Å². The maximum atomic E-state index is 6.61. The molecule has 12 aromatic rings. The van der Waals surface area contributed by atoms with Gasteiger partial charge < -0.3 is 9.32 Å². The van der Waals surface area contributed by atoms with Crippen LogP contribution in [0.1, 0.15) is 22.3 Å². The molecule has 0 atom stereocenters. The Morgan fingerprint density at radius 3 is 1.52 bits per heavy atom. The molecule has 13 rings (SSSR count). The van der Waals surface area contributed by atoms with E-state index in [4.69, 9.17) is 4.42 Å². The molecule has 1 aliphatic rings. The fraction of sp³-hybridized carbons (Fsp3) is 0.0149. The van der Waals surface area contributed by atoms with E-state index >= 15 is 0 Å². The second-order valence-corrected chi connectivity index (χ2v) is 17.9. The van der Waals surface area contributed by atoms with Gasteiger partial charge in [-0.3, -0.25) is 0 Å². The van der Waals surface area contributed by atoms with Crippen LogP contribution in [0.15, 0.2) is 277 Å². The molecule has 0 saturated carbocycles. The number of para-hydroxylation sites is 3. The average Bonchev–Trinajstić information content (AvgIpc) is 3.97. The predicted octanol–water partition coefficient (Wildman–Crippen LogP) is 18.1. The van der Waals surface area contributed by atoms with Crippen molar-refractivity contribution in [3.05, 3.63) is 295 Å². The molecule has 0 bridgehead atoms. The molecule has 1 heterocycles. The molecule has 0 amide bonds. The summed E-state index contributed by atoms with van der Waals surface area (Å²) in [7, 11) is 0. The normalized spacial score (nSPS) is 12.5. The maximum absolute atomic E-state index is 6.61. The van der Waals surface area contributed by atoms with Crippen molar-refractivity contribution in [3.63, 3.8) is 0 Å². The zero-order chi connectivity index (χ0) is 45.7. The second-order valence-electron chi connectivity index (χ2n) is 17.9. The van der Waals surface area contributed by atoms with Crippen molar-refractivity contribution >= 4 is 39.0 Å². The highest BCUT2D eigenvalue weighted by Crippen LogP contribution is 2.59. The third-order valence-corrected chi connectivity index (χ3v) is 14.2. The van der Waals surface area contributed by atoms with E-state index in [1.807, 2.05) is 6.07 Å². The summed E-state index contributed by atoms with van der Waals surface area (Å²) in [6.07, 6.45) is 0. The lowest BCUT2D eigenvalue weighted by Crippen LogP contribution is -2.28. The number of benzene rings is 11. The number of hydrogen-bond donors (Lipinski definition) is 0. The molecule has 0 fully saturated rings. The topological polar surface area (TPSA) is 16.4 Å². The van der Waals surface area contributed by atoms with Crippen LogP contribution in [0.4, 0.5) is 17.1 Å². The highest BCUT2D eigenvalue weighted by atomic mass is 16.3. The van der Waals surface area contributed by atoms with E-state index in [1.54, 1.807) is 0 Å². The summed E-state index contributed by atoms with van der Waals surface area (Å²) in [5.74, 6) is 0. The molecule has 0 spiro atoms. The first-order valence-electron chi connectivity index (χ1n) is 23.7. The van der Waals surface area contributed by atoms with Gasteiger partial charge >= 0.3 is 0 Å². The zero-order valence-corrected chi connectivity index (χ0v) is 37.8. The van der Waals surface area contributed by atoms with Crippen LogP contribution in [0, 0.1) is 0 Å². The van der Waals surface area contributed by atoms with E-state index in [2.05, 4.69) is 272 Å². The lowest BCUT2D eigenvalue weighted by atomic mass is 9.67. The van der Waals surface area contributed by atoms with Crippen LogP contribution in [-0.4, -0.2) is 0 Å². The van der Waals surface area contributed by atoms with Gasteiger partial charge in [-0.25, -0.2) is 0 Å². The van der Waals surface area contributed by atoms with Crippen molar-refractivity contribution in [2.45, 2.75) is 5.41 Å². The molecule has 0 aliphatic heterocycles. The second kappa shape index (κ2) is 16.7. The molecule has 0 unspecified atom stereocenters. The van der Waals surface area contributed by atoms with Gasteiger partial charge in [0.15, 0.2) is 0 Å². The van der Waals surface area contributed by atoms with Crippen LogP contribution in [0.2, 0.25) is 0 Å². The molecule has 0 N–H and O–H groups in total. The predicted molar refractivity (Wildman–Crippen MR) is 287 cm³/mol. The summed E-state index contributed by atoms with van der Waals surface area (Å²) in [5, 5.41) is 2.24. The number of anilines is 3. The van der Waals surface area contributed by atoms with Crippen LogP contribution in [0.3, 0.4) is 0 Å². The third-order valence-electron chi connectivity index (χ3n) is 14.2. The average molecular weight is 880 g/mol. The molecule has 324 valence electrons. The summed E-state index contributed by atoms with van der Waals surface area (Å²) in [5.41, 5.74) is 21.3. The Morgan fingerprint density at radius 2 is 0.797 bits per heavy atom. The summed E-state index contributed by atoms with van der Waals surface area (Å²) in [4.78, 5) is 2.43. The van der Waals surface area contributed by atoms with Crippen molar-refractivity contribution in [1.29, 1.82) is 0 Å². The van der Waals surface area contributed by atoms with Gasteiger partial charge in [0.1, 0.15) is 11.2 Å². The molecule has 0 radical (unpaired) electrons. The van der Waals surface area contributed by atoms with Gasteiger partial charge in [0.25, 0.3) is 0 Å². The summed E-state index contributed by atoms with van der Waals surface area (Å²) in [6, 6.07) is 99.2. The van der Waals surface area contributed by atoms with Gasteiger partial charge in [0, 0.05) is 33.3 Å². The van der Waals surface area contributed by atoms with Crippen molar-refractivity contribution in [3.8, 4) is 55.6 Å². The molecule has 1 aromatic heterocycles. The number of nitrogens with zero attached hydrogens (tertiary/aromatic N) is 1. The zero-order valence-electron chi connectivity index (χ0n) is 37.8. The quantitative estimate of drug-likeness (QED) is 0.144. The smallest absolute Gasteiger partial charge is 0.143 e. The first-order valence-corrected chi connectivity index (χ1v) is 23.7. The Hall–Kier alpha value is -8.98. The molecule has 0 saturated heterocycles. The van der Waals surface area contributed by atoms with Gasteiger partial charge in [-0.15, -0.1) is 0 Å². The van der Waals surface area contributed by atoms with E-state index in [0.717, 1.165) is 61.3 Å². The maximum Gasteiger partial charge on any atom is 0.143 e. The largest absolute Gasteiger partial charge is 0.455 e. The van der Waals surface area contributed by atoms with Crippen LogP contribution >= 0.6 is 0 Å². The summed E-state index contributed by atoms with van der Waals surface area (Å²) >= 11 is 0. The Morgan fingerprint density at radius 1 is 0.304 bits per heavy atom. The number of hydrogen-bond acceptors (Lipinski definition) is 2. The molecule has 2 nitrogen and oxygen atoms in total. The highest BCUT2D eigenvalue weighted by molar-refractivity contribution is 6.10. The van der Waals surface area contributed by atoms with Gasteiger partial charge in [0.2, 0.25) is 0 Å². The first kappa shape index (κ1) is 40.3. The van der Waals surface area contributed by atoms with Gasteiger partial charge in [-0.2, -0.15) is 0 Å². The molecule has 2 heteroatoms. The fourth-order valence-electron chi connectivity index (χ4n) is 11.1. The van der Waals surface area contributed by atoms with Gasteiger partial charge in [-0.05, 0) is 103 Å². The minimum atomic E-state index is -0.514. The van der Waals surface area contributed by atoms with Crippen LogP contribution in [0.25, 0.3) is 77.6 Å².